The Bertz CT molecular complexity index is 135. The Kier molecular flexibility index (Phi) is 5.45. The molecule has 0 aliphatic heterocycles. The molecule has 0 saturated carbocycles. The van der Waals surface area contributed by atoms with Crippen LogP contribution in [0.25, 0.3) is 0 Å². The zero-order chi connectivity index (χ0) is 4.99. The van der Waals surface area contributed by atoms with Gasteiger partial charge in [-0.2, -0.15) is 0 Å². The molecule has 0 atom stereocenters. The number of halogens is 1. The van der Waals surface area contributed by atoms with Crippen molar-refractivity contribution in [1.82, 2.24) is 0 Å². The number of hydrogen-bond acceptors (Lipinski definition) is 0. The van der Waals surface area contributed by atoms with Gasteiger partial charge in [0, 0.05) is 0 Å². The van der Waals surface area contributed by atoms with E-state index >= 15 is 0 Å². The van der Waals surface area contributed by atoms with Gasteiger partial charge in [-0.3, -0.25) is 0 Å². The summed E-state index contributed by atoms with van der Waals surface area (Å²) >= 11 is 2.24. The fraction of sp³-hybridized carbons (Fsp3) is 1.00. The normalized spacial score (nSPS) is 12.3. The van der Waals surface area contributed by atoms with E-state index in [1.807, 2.05) is 0 Å². The fourth-order valence-electron chi connectivity index (χ4n) is 0.123. The molecule has 0 saturated heterocycles. The third-order valence-electron chi connectivity index (χ3n) is 0.252. The molecule has 0 aliphatic rings. The van der Waals surface area contributed by atoms with Gasteiger partial charge < -0.3 is 0 Å². The first kappa shape index (κ1) is 7.31. The molecule has 4 heteroatoms. The monoisotopic (exact) mass is 230 g/mol. The topological polar surface area (TPSA) is 0 Å². The summed E-state index contributed by atoms with van der Waals surface area (Å²) in [5.41, 5.74) is 0. The summed E-state index contributed by atoms with van der Waals surface area (Å²) in [5.74, 6) is 0. The maximum atomic E-state index is 5.41. The van der Waals surface area contributed by atoms with Crippen molar-refractivity contribution in [3.05, 3.63) is 0 Å². The Morgan fingerprint density at radius 1 is 2.00 bits per heavy atom. The van der Waals surface area contributed by atoms with E-state index in [1.165, 1.54) is 13.5 Å². The van der Waals surface area contributed by atoms with Crippen LogP contribution in [0, 0.1) is 0 Å². The molecule has 0 N–H and O–H groups in total. The minimum absolute atomic E-state index is 0.127. The summed E-state index contributed by atoms with van der Waals surface area (Å²) in [7, 11) is 1.37. The Hall–Kier alpha value is 1.31. The predicted octanol–water partition coefficient (Wildman–Crippen LogP) is 1.92. The molecule has 0 radical (unpaired) electrons. The van der Waals surface area contributed by atoms with Crippen molar-refractivity contribution in [3.63, 3.8) is 0 Å². The average Bonchev–Trinajstić information content (AvgIpc) is 1.35. The first-order chi connectivity index (χ1) is 2.77. The van der Waals surface area contributed by atoms with Crippen molar-refractivity contribution in [3.8, 4) is 0 Å². The van der Waals surface area contributed by atoms with Crippen LogP contribution in [0.15, 0.2) is 0 Å². The van der Waals surface area contributed by atoms with Gasteiger partial charge in [0.15, 0.2) is 0 Å². The van der Waals surface area contributed by atoms with Gasteiger partial charge in [-0.15, -0.1) is 0 Å². The molecule has 6 heavy (non-hydrogen) atoms. The molecule has 0 fully saturated rings. The maximum absolute atomic E-state index is 5.41. The third kappa shape index (κ3) is 5.31. The van der Waals surface area contributed by atoms with Crippen LogP contribution in [0.1, 0.15) is 6.92 Å². The first-order valence-corrected chi connectivity index (χ1v) is 7.11. The second-order valence-corrected chi connectivity index (χ2v) is 9.02. The number of hydrogen-bond donors (Lipinski definition) is 0. The van der Waals surface area contributed by atoms with E-state index in [2.05, 4.69) is 28.1 Å². The zero-order valence-electron chi connectivity index (χ0n) is 3.52. The zero-order valence-corrected chi connectivity index (χ0v) is 7.39. The van der Waals surface area contributed by atoms with Gasteiger partial charge in [-0.25, -0.2) is 0 Å². The molecule has 0 rings (SSSR count). The molecule has 0 nitrogen and oxygen atoms in total. The van der Waals surface area contributed by atoms with Crippen LogP contribution in [0.5, 0.6) is 0 Å². The van der Waals surface area contributed by atoms with Crippen LogP contribution in [-0.4, -0.2) is 12.7 Å². The molecule has 0 heterocycles. The van der Waals surface area contributed by atoms with Crippen LogP contribution in [0.2, 0.25) is 0 Å². The van der Waals surface area contributed by atoms with Crippen molar-refractivity contribution in [1.29, 1.82) is 0 Å². The Morgan fingerprint density at radius 3 is 2.50 bits per heavy atom. The van der Waals surface area contributed by atoms with Crippen LogP contribution in [-0.2, 0) is 6.48 Å². The predicted molar refractivity (Wildman–Crippen MR) is 44.6 cm³/mol. The van der Waals surface area contributed by atoms with E-state index in [0.29, 0.717) is 0 Å². The summed E-state index contributed by atoms with van der Waals surface area (Å²) in [5, 5.41) is 0. The molecular weight excluding hydrogens is 225 g/mol. The van der Waals surface area contributed by atoms with E-state index in [-0.39, 0.29) is 6.48 Å². The van der Waals surface area contributed by atoms with Gasteiger partial charge in [-0.05, 0) is 0 Å². The number of rotatable bonds is 1. The molecule has 34 valence electrons. The summed E-state index contributed by atoms with van der Waals surface area (Å²) in [6.07, 6.45) is 1.18. The molecule has 0 spiro atoms. The Morgan fingerprint density at radius 2 is 2.50 bits per heavy atom. The van der Waals surface area contributed by atoms with E-state index in [0.717, 1.165) is 0 Å². The second kappa shape index (κ2) is 4.47. The van der Waals surface area contributed by atoms with E-state index < -0.39 is 0 Å². The van der Waals surface area contributed by atoms with Gasteiger partial charge in [0.25, 0.3) is 0 Å². The van der Waals surface area contributed by atoms with Crippen LogP contribution >= 0.6 is 28.6 Å². The molecular formula is C2H5BIPS. The molecule has 0 aromatic heterocycles. The SMILES string of the molecule is B#S(I)=PCC. The molecule has 0 unspecified atom stereocenters. The van der Waals surface area contributed by atoms with Gasteiger partial charge in [0.1, 0.15) is 0 Å². The standard InChI is InChI=1S/C2H5BIPS/c1-2-5-6(3)4/h2H2,1H3. The molecule has 0 aliphatic carbocycles. The quantitative estimate of drug-likeness (QED) is 0.366. The van der Waals surface area contributed by atoms with Gasteiger partial charge in [0.05, 0.1) is 0 Å². The van der Waals surface area contributed by atoms with Gasteiger partial charge in [-0.1, -0.05) is 0 Å². The third-order valence-corrected chi connectivity index (χ3v) is 4.78. The Labute approximate surface area is 54.5 Å². The summed E-state index contributed by atoms with van der Waals surface area (Å²) in [4.78, 5) is 0. The summed E-state index contributed by atoms with van der Waals surface area (Å²) < 4.78 is 0. The molecule has 0 amide bonds. The van der Waals surface area contributed by atoms with Gasteiger partial charge in [0.2, 0.25) is 0 Å². The molecule has 0 bridgehead atoms. The van der Waals surface area contributed by atoms with Crippen LogP contribution in [0.4, 0.5) is 0 Å². The molecule has 0 aromatic rings. The van der Waals surface area contributed by atoms with Crippen molar-refractivity contribution in [2.45, 2.75) is 6.92 Å². The van der Waals surface area contributed by atoms with Crippen LogP contribution in [0.3, 0.4) is 0 Å². The first-order valence-electron chi connectivity index (χ1n) is 1.60. The summed E-state index contributed by atoms with van der Waals surface area (Å²) in [6.45, 7) is 7.66. The average molecular weight is 230 g/mol. The molecule has 0 aromatic carbocycles. The van der Waals surface area contributed by atoms with Crippen molar-refractivity contribution in [2.24, 2.45) is 0 Å². The van der Waals surface area contributed by atoms with Gasteiger partial charge >= 0.3 is 54.7 Å². The van der Waals surface area contributed by atoms with Crippen molar-refractivity contribution < 1.29 is 0 Å². The van der Waals surface area contributed by atoms with Crippen molar-refractivity contribution >= 4 is 41.6 Å². The van der Waals surface area contributed by atoms with E-state index in [9.17, 15) is 0 Å². The minimum atomic E-state index is 0.127. The fourth-order valence-corrected chi connectivity index (χ4v) is 3.62. The summed E-state index contributed by atoms with van der Waals surface area (Å²) in [6, 6.07) is 0. The van der Waals surface area contributed by atoms with E-state index in [1.54, 1.807) is 0 Å². The Balaban J connectivity index is 3.55. The van der Waals surface area contributed by atoms with Crippen LogP contribution < -0.4 is 0 Å². The second-order valence-electron chi connectivity index (χ2n) is 0.709. The van der Waals surface area contributed by atoms with Crippen molar-refractivity contribution in [2.75, 3.05) is 6.16 Å². The van der Waals surface area contributed by atoms with E-state index in [4.69, 9.17) is 6.53 Å².